The Hall–Kier alpha value is -4.69. The molecule has 5 aromatic rings. The maximum Gasteiger partial charge on any atom is 0.410 e. The number of carbonyl (C=O) groups is 1. The first kappa shape index (κ1) is 25.6. The minimum atomic E-state index is -0.283. The van der Waals surface area contributed by atoms with Crippen LogP contribution in [-0.4, -0.2) is 44.5 Å². The molecule has 8 heteroatoms. The molecule has 202 valence electrons. The van der Waals surface area contributed by atoms with Crippen LogP contribution in [0.2, 0.25) is 0 Å². The Balaban J connectivity index is 0.000000164. The van der Waals surface area contributed by atoms with E-state index in [2.05, 4.69) is 37.8 Å². The van der Waals surface area contributed by atoms with Gasteiger partial charge in [0, 0.05) is 66.1 Å². The highest BCUT2D eigenvalue weighted by Gasteiger charge is 2.26. The van der Waals surface area contributed by atoms with Crippen molar-refractivity contribution in [2.24, 2.45) is 0 Å². The number of benzene rings is 3. The Bertz CT molecular complexity index is 1550. The molecule has 2 aliphatic heterocycles. The highest BCUT2D eigenvalue weighted by atomic mass is 16.6. The molecule has 8 nitrogen and oxygen atoms in total. The summed E-state index contributed by atoms with van der Waals surface area (Å²) >= 11 is 0. The average molecular weight is 533 g/mol. The van der Waals surface area contributed by atoms with E-state index in [4.69, 9.17) is 4.74 Å². The zero-order chi connectivity index (χ0) is 27.1. The van der Waals surface area contributed by atoms with Gasteiger partial charge in [-0.3, -0.25) is 10.2 Å². The van der Waals surface area contributed by atoms with E-state index in [-0.39, 0.29) is 6.09 Å². The third-order valence-electron chi connectivity index (χ3n) is 7.30. The SMILES string of the molecule is O=C(OCc1ccccc1)N1CCc2[nH]nc(-c3ccccc3)c2C1.c1ccc(-c2n[nH]c3c2CNCC3)cc1. The van der Waals surface area contributed by atoms with Crippen LogP contribution in [0.4, 0.5) is 4.79 Å². The molecule has 0 atom stereocenters. The molecule has 1 amide bonds. The normalized spacial score (nSPS) is 13.9. The number of ether oxygens (including phenoxy) is 1. The van der Waals surface area contributed by atoms with Crippen LogP contribution in [0.3, 0.4) is 0 Å². The number of hydrogen-bond acceptors (Lipinski definition) is 5. The Morgan fingerprint density at radius 2 is 1.32 bits per heavy atom. The number of H-pyrrole nitrogens is 2. The highest BCUT2D eigenvalue weighted by Crippen LogP contribution is 2.28. The van der Waals surface area contributed by atoms with E-state index in [9.17, 15) is 4.79 Å². The maximum absolute atomic E-state index is 12.4. The van der Waals surface area contributed by atoms with Crippen LogP contribution in [0, 0.1) is 0 Å². The Morgan fingerprint density at radius 1 is 0.750 bits per heavy atom. The summed E-state index contributed by atoms with van der Waals surface area (Å²) in [6.45, 7) is 3.42. The van der Waals surface area contributed by atoms with Crippen molar-refractivity contribution in [1.29, 1.82) is 0 Å². The van der Waals surface area contributed by atoms with Gasteiger partial charge in [-0.15, -0.1) is 0 Å². The minimum absolute atomic E-state index is 0.283. The molecular formula is C32H32N6O2. The molecule has 3 N–H and O–H groups in total. The molecule has 0 spiro atoms. The number of aromatic nitrogens is 4. The van der Waals surface area contributed by atoms with Crippen LogP contribution in [-0.2, 0) is 37.3 Å². The molecule has 0 saturated carbocycles. The predicted octanol–water partition coefficient (Wildman–Crippen LogP) is 5.49. The van der Waals surface area contributed by atoms with Gasteiger partial charge in [0.2, 0.25) is 0 Å². The first-order valence-corrected chi connectivity index (χ1v) is 13.7. The predicted molar refractivity (Wildman–Crippen MR) is 154 cm³/mol. The summed E-state index contributed by atoms with van der Waals surface area (Å²) in [6.07, 6.45) is 1.53. The summed E-state index contributed by atoms with van der Waals surface area (Å²) in [5.41, 5.74) is 10.0. The van der Waals surface area contributed by atoms with Gasteiger partial charge in [0.25, 0.3) is 0 Å². The molecule has 3 aromatic carbocycles. The number of hydrogen-bond donors (Lipinski definition) is 3. The molecule has 2 aromatic heterocycles. The van der Waals surface area contributed by atoms with Gasteiger partial charge in [-0.25, -0.2) is 4.79 Å². The van der Waals surface area contributed by atoms with Crippen LogP contribution < -0.4 is 5.32 Å². The summed E-state index contributed by atoms with van der Waals surface area (Å²) in [5, 5.41) is 18.5. The van der Waals surface area contributed by atoms with Gasteiger partial charge < -0.3 is 15.0 Å². The van der Waals surface area contributed by atoms with Crippen LogP contribution in [0.25, 0.3) is 22.5 Å². The zero-order valence-corrected chi connectivity index (χ0v) is 22.3. The number of aromatic amines is 2. The summed E-state index contributed by atoms with van der Waals surface area (Å²) in [4.78, 5) is 14.2. The van der Waals surface area contributed by atoms with E-state index in [0.717, 1.165) is 59.7 Å². The van der Waals surface area contributed by atoms with Gasteiger partial charge in [0.15, 0.2) is 0 Å². The smallest absolute Gasteiger partial charge is 0.410 e. The third-order valence-corrected chi connectivity index (χ3v) is 7.30. The molecule has 7 rings (SSSR count). The molecule has 4 heterocycles. The third kappa shape index (κ3) is 5.67. The molecule has 0 radical (unpaired) electrons. The molecule has 0 aliphatic carbocycles. The van der Waals surface area contributed by atoms with Gasteiger partial charge in [-0.2, -0.15) is 10.2 Å². The fraction of sp³-hybridized carbons (Fsp3) is 0.219. The van der Waals surface area contributed by atoms with Gasteiger partial charge in [-0.1, -0.05) is 91.0 Å². The first-order chi connectivity index (χ1) is 19.8. The Labute approximate surface area is 233 Å². The van der Waals surface area contributed by atoms with Crippen molar-refractivity contribution in [2.75, 3.05) is 13.1 Å². The minimum Gasteiger partial charge on any atom is -0.445 e. The van der Waals surface area contributed by atoms with Crippen molar-refractivity contribution in [2.45, 2.75) is 32.5 Å². The fourth-order valence-electron chi connectivity index (χ4n) is 5.16. The van der Waals surface area contributed by atoms with E-state index < -0.39 is 0 Å². The largest absolute Gasteiger partial charge is 0.445 e. The second-order valence-corrected chi connectivity index (χ2v) is 9.93. The number of carbonyl (C=O) groups excluding carboxylic acids is 1. The molecule has 2 aliphatic rings. The van der Waals surface area contributed by atoms with Crippen molar-refractivity contribution in [3.63, 3.8) is 0 Å². The van der Waals surface area contributed by atoms with Crippen molar-refractivity contribution in [3.8, 4) is 22.5 Å². The molecule has 40 heavy (non-hydrogen) atoms. The highest BCUT2D eigenvalue weighted by molar-refractivity contribution is 5.70. The molecule has 0 unspecified atom stereocenters. The number of nitrogens with one attached hydrogen (secondary N) is 3. The fourth-order valence-corrected chi connectivity index (χ4v) is 5.16. The van der Waals surface area contributed by atoms with Gasteiger partial charge in [-0.05, 0) is 5.56 Å². The van der Waals surface area contributed by atoms with E-state index in [1.54, 1.807) is 4.90 Å². The lowest BCUT2D eigenvalue weighted by molar-refractivity contribution is 0.0918. The van der Waals surface area contributed by atoms with Gasteiger partial charge in [0.1, 0.15) is 6.61 Å². The molecule has 0 bridgehead atoms. The lowest BCUT2D eigenvalue weighted by Crippen LogP contribution is -2.36. The van der Waals surface area contributed by atoms with Crippen LogP contribution in [0.5, 0.6) is 0 Å². The van der Waals surface area contributed by atoms with Crippen molar-refractivity contribution in [1.82, 2.24) is 30.6 Å². The van der Waals surface area contributed by atoms with Crippen molar-refractivity contribution < 1.29 is 9.53 Å². The quantitative estimate of drug-likeness (QED) is 0.284. The lowest BCUT2D eigenvalue weighted by Gasteiger charge is -2.26. The summed E-state index contributed by atoms with van der Waals surface area (Å²) in [7, 11) is 0. The molecule has 0 fully saturated rings. The maximum atomic E-state index is 12.4. The number of rotatable bonds is 4. The lowest BCUT2D eigenvalue weighted by atomic mass is 10.0. The van der Waals surface area contributed by atoms with Gasteiger partial charge >= 0.3 is 6.09 Å². The first-order valence-electron chi connectivity index (χ1n) is 13.7. The van der Waals surface area contributed by atoms with Crippen LogP contribution in [0.1, 0.15) is 28.1 Å². The second-order valence-electron chi connectivity index (χ2n) is 9.93. The van der Waals surface area contributed by atoms with E-state index in [1.165, 1.54) is 16.8 Å². The number of fused-ring (bicyclic) bond motifs is 2. The Morgan fingerprint density at radius 3 is 1.98 bits per heavy atom. The molecular weight excluding hydrogens is 500 g/mol. The summed E-state index contributed by atoms with van der Waals surface area (Å²) in [6, 6.07) is 30.1. The van der Waals surface area contributed by atoms with Crippen LogP contribution >= 0.6 is 0 Å². The monoisotopic (exact) mass is 532 g/mol. The molecule has 0 saturated heterocycles. The van der Waals surface area contributed by atoms with Gasteiger partial charge in [0.05, 0.1) is 17.9 Å². The van der Waals surface area contributed by atoms with E-state index in [0.29, 0.717) is 19.7 Å². The number of nitrogens with zero attached hydrogens (tertiary/aromatic N) is 3. The topological polar surface area (TPSA) is 98.9 Å². The Kier molecular flexibility index (Phi) is 7.68. The summed E-state index contributed by atoms with van der Waals surface area (Å²) < 4.78 is 5.46. The second kappa shape index (κ2) is 12.0. The standard InChI is InChI=1S/C20H19N3O2.C12H13N3/c24-20(25-14-15-7-3-1-4-8-15)23-12-11-18-17(13-23)19(22-21-18)16-9-5-2-6-10-16;1-2-4-9(5-3-1)12-10-8-13-7-6-11(10)14-15-12/h1-10H,11-14H2,(H,21,22);1-5,13H,6-8H2,(H,14,15). The van der Waals surface area contributed by atoms with E-state index >= 15 is 0 Å². The average Bonchev–Trinajstić information content (AvgIpc) is 3.66. The van der Waals surface area contributed by atoms with E-state index in [1.807, 2.05) is 78.9 Å². The zero-order valence-electron chi connectivity index (χ0n) is 22.3. The van der Waals surface area contributed by atoms with Crippen LogP contribution in [0.15, 0.2) is 91.0 Å². The van der Waals surface area contributed by atoms with Crippen molar-refractivity contribution in [3.05, 3.63) is 119 Å². The number of amides is 1. The summed E-state index contributed by atoms with van der Waals surface area (Å²) in [5.74, 6) is 0. The van der Waals surface area contributed by atoms with Crippen molar-refractivity contribution >= 4 is 6.09 Å².